The number of aliphatic hydroxyl groups is 1. The minimum absolute atomic E-state index is 0.0127. The number of methoxy groups -OCH3 is 2. The fourth-order valence-corrected chi connectivity index (χ4v) is 3.67. The first-order chi connectivity index (χ1) is 14.2. The fourth-order valence-electron chi connectivity index (χ4n) is 3.67. The van der Waals surface area contributed by atoms with Gasteiger partial charge >= 0.3 is 5.97 Å². The van der Waals surface area contributed by atoms with E-state index in [0.717, 1.165) is 12.1 Å². The number of benzene rings is 1. The number of rotatable bonds is 6. The average Bonchev–Trinajstić information content (AvgIpc) is 3.12. The zero-order chi connectivity index (χ0) is 22.1. The Kier molecular flexibility index (Phi) is 6.04. The normalized spacial score (nSPS) is 23.4. The third kappa shape index (κ3) is 3.86. The molecule has 160 valence electrons. The molecule has 0 saturated heterocycles. The highest BCUT2D eigenvalue weighted by Crippen LogP contribution is 2.39. The second-order valence-electron chi connectivity index (χ2n) is 6.99. The van der Waals surface area contributed by atoms with Crippen LogP contribution in [0.4, 0.5) is 14.5 Å². The third-order valence-corrected chi connectivity index (χ3v) is 5.31. The molecular weight excluding hydrogens is 400 g/mol. The molecule has 7 nitrogen and oxygen atoms in total. The molecule has 0 saturated carbocycles. The summed E-state index contributed by atoms with van der Waals surface area (Å²) in [5, 5.41) is 21.1. The number of carbonyl (C=O) groups is 2. The first kappa shape index (κ1) is 21.7. The van der Waals surface area contributed by atoms with Crippen molar-refractivity contribution in [2.45, 2.75) is 31.0 Å². The van der Waals surface area contributed by atoms with Gasteiger partial charge in [-0.3, -0.25) is 4.79 Å². The molecule has 0 fully saturated rings. The van der Waals surface area contributed by atoms with Crippen LogP contribution < -0.4 is 5.32 Å². The minimum Gasteiger partial charge on any atom is -0.501 e. The van der Waals surface area contributed by atoms with E-state index in [0.29, 0.717) is 5.76 Å². The lowest BCUT2D eigenvalue weighted by atomic mass is 9.86. The molecule has 3 rings (SSSR count). The quantitative estimate of drug-likeness (QED) is 0.653. The highest BCUT2D eigenvalue weighted by atomic mass is 19.1. The van der Waals surface area contributed by atoms with Gasteiger partial charge in [0, 0.05) is 19.1 Å². The molecule has 0 radical (unpaired) electrons. The summed E-state index contributed by atoms with van der Waals surface area (Å²) in [7, 11) is 2.87. The molecule has 3 N–H and O–H groups in total. The average molecular weight is 421 g/mol. The Hall–Kier alpha value is -3.04. The van der Waals surface area contributed by atoms with Crippen LogP contribution in [-0.2, 0) is 24.7 Å². The van der Waals surface area contributed by atoms with Gasteiger partial charge in [-0.25, -0.2) is 13.6 Å². The number of carbonyl (C=O) groups excluding carboxylic acids is 1. The number of allylic oxidation sites excluding steroid dienone is 2. The number of aliphatic hydroxyl groups excluding tert-OH is 1. The van der Waals surface area contributed by atoms with Crippen molar-refractivity contribution >= 4 is 17.6 Å². The van der Waals surface area contributed by atoms with E-state index in [1.165, 1.54) is 14.2 Å². The van der Waals surface area contributed by atoms with Crippen LogP contribution >= 0.6 is 0 Å². The van der Waals surface area contributed by atoms with Crippen LogP contribution in [0, 0.1) is 11.6 Å². The van der Waals surface area contributed by atoms with Gasteiger partial charge in [0.2, 0.25) is 0 Å². The summed E-state index contributed by atoms with van der Waals surface area (Å²) < 4.78 is 40.3. The molecule has 2 atom stereocenters. The van der Waals surface area contributed by atoms with Crippen LogP contribution in [0.3, 0.4) is 0 Å². The van der Waals surface area contributed by atoms with E-state index in [1.54, 1.807) is 18.2 Å². The largest absolute Gasteiger partial charge is 0.501 e. The topological polar surface area (TPSA) is 105 Å². The summed E-state index contributed by atoms with van der Waals surface area (Å²) >= 11 is 0. The molecule has 1 aromatic carbocycles. The molecule has 0 spiro atoms. The number of hydrogen-bond acceptors (Lipinski definition) is 5. The summed E-state index contributed by atoms with van der Waals surface area (Å²) in [6.07, 6.45) is 3.93. The van der Waals surface area contributed by atoms with Crippen molar-refractivity contribution in [3.63, 3.8) is 0 Å². The molecule has 0 bridgehead atoms. The first-order valence-electron chi connectivity index (χ1n) is 9.15. The number of halogens is 2. The van der Waals surface area contributed by atoms with Crippen molar-refractivity contribution in [1.29, 1.82) is 0 Å². The van der Waals surface area contributed by atoms with Gasteiger partial charge in [-0.1, -0.05) is 6.08 Å². The van der Waals surface area contributed by atoms with Gasteiger partial charge in [-0.15, -0.1) is 0 Å². The third-order valence-electron chi connectivity index (χ3n) is 5.31. The first-order valence-corrected chi connectivity index (χ1v) is 9.15. The summed E-state index contributed by atoms with van der Waals surface area (Å²) in [6, 6.07) is 2.06. The molecule has 30 heavy (non-hydrogen) atoms. The smallest absolute Gasteiger partial charge is 0.332 e. The number of carboxylic acid groups (broad SMARTS) is 1. The summed E-state index contributed by atoms with van der Waals surface area (Å²) in [4.78, 5) is 23.7. The van der Waals surface area contributed by atoms with Gasteiger partial charge in [-0.05, 0) is 42.7 Å². The Morgan fingerprint density at radius 2 is 1.90 bits per heavy atom. The van der Waals surface area contributed by atoms with Crippen LogP contribution in [0.1, 0.15) is 24.8 Å². The van der Waals surface area contributed by atoms with Crippen LogP contribution in [0.5, 0.6) is 0 Å². The second kappa shape index (κ2) is 8.37. The number of amides is 1. The maximum absolute atomic E-state index is 14.8. The van der Waals surface area contributed by atoms with E-state index in [1.807, 2.05) is 0 Å². The van der Waals surface area contributed by atoms with E-state index in [2.05, 4.69) is 5.32 Å². The van der Waals surface area contributed by atoms with Gasteiger partial charge in [0.1, 0.15) is 22.9 Å². The van der Waals surface area contributed by atoms with E-state index in [-0.39, 0.29) is 30.4 Å². The molecule has 2 unspecified atom stereocenters. The highest BCUT2D eigenvalue weighted by Gasteiger charge is 2.36. The van der Waals surface area contributed by atoms with Gasteiger partial charge in [0.25, 0.3) is 5.91 Å². The number of hydrogen-bond donors (Lipinski definition) is 3. The van der Waals surface area contributed by atoms with Crippen LogP contribution in [-0.4, -0.2) is 42.4 Å². The van der Waals surface area contributed by atoms with Crippen molar-refractivity contribution in [2.24, 2.45) is 0 Å². The fraction of sp³-hybridized carbons (Fsp3) is 0.333. The summed E-state index contributed by atoms with van der Waals surface area (Å²) in [5.41, 5.74) is -2.41. The van der Waals surface area contributed by atoms with Crippen molar-refractivity contribution in [3.05, 3.63) is 64.5 Å². The van der Waals surface area contributed by atoms with Crippen LogP contribution in [0.15, 0.2) is 47.3 Å². The maximum atomic E-state index is 14.8. The Labute approximate surface area is 171 Å². The Morgan fingerprint density at radius 3 is 2.47 bits per heavy atom. The monoisotopic (exact) mass is 421 g/mol. The molecule has 1 amide bonds. The molecule has 0 aliphatic heterocycles. The van der Waals surface area contributed by atoms with E-state index >= 15 is 0 Å². The van der Waals surface area contributed by atoms with E-state index < -0.39 is 46.5 Å². The molecule has 0 heterocycles. The standard InChI is InChI=1S/C21H21F2NO6/c1-29-12-4-3-7-21(10-12,30-2)11-8-14(22)18(15(23)9-11)24-19(26)17-13(20(27)28)5-6-16(17)25/h3-4,7-9,16,25H,5-6,10H2,1-2H3,(H,24,26)(H,27,28). The maximum Gasteiger partial charge on any atom is 0.332 e. The Bertz CT molecular complexity index is 961. The number of ether oxygens (including phenoxy) is 2. The molecule has 2 aliphatic rings. The Morgan fingerprint density at radius 1 is 1.23 bits per heavy atom. The van der Waals surface area contributed by atoms with Crippen LogP contribution in [0.2, 0.25) is 0 Å². The Balaban J connectivity index is 1.93. The van der Waals surface area contributed by atoms with Gasteiger partial charge in [0.05, 0.1) is 24.5 Å². The van der Waals surface area contributed by atoms with Crippen molar-refractivity contribution < 1.29 is 38.1 Å². The van der Waals surface area contributed by atoms with Crippen molar-refractivity contribution in [2.75, 3.05) is 19.5 Å². The molecule has 9 heteroatoms. The zero-order valence-corrected chi connectivity index (χ0v) is 16.4. The van der Waals surface area contributed by atoms with Gasteiger partial charge < -0.3 is 25.0 Å². The molecule has 0 aromatic heterocycles. The predicted molar refractivity (Wildman–Crippen MR) is 102 cm³/mol. The molecule has 2 aliphatic carbocycles. The SMILES string of the molecule is COC1=CC=CC(OC)(c2cc(F)c(NC(=O)C3=C(C(=O)O)CCC3O)c(F)c2)C1. The summed E-state index contributed by atoms with van der Waals surface area (Å²) in [5.74, 6) is -4.00. The van der Waals surface area contributed by atoms with E-state index in [4.69, 9.17) is 9.47 Å². The van der Waals surface area contributed by atoms with E-state index in [9.17, 15) is 28.6 Å². The second-order valence-corrected chi connectivity index (χ2v) is 6.99. The van der Waals surface area contributed by atoms with Crippen molar-refractivity contribution in [3.8, 4) is 0 Å². The highest BCUT2D eigenvalue weighted by molar-refractivity contribution is 6.10. The lowest BCUT2D eigenvalue weighted by molar-refractivity contribution is -0.133. The number of anilines is 1. The van der Waals surface area contributed by atoms with Crippen LogP contribution in [0.25, 0.3) is 0 Å². The predicted octanol–water partition coefficient (Wildman–Crippen LogP) is 2.77. The van der Waals surface area contributed by atoms with Crippen molar-refractivity contribution in [1.82, 2.24) is 0 Å². The minimum atomic E-state index is -1.36. The molecule has 1 aromatic rings. The zero-order valence-electron chi connectivity index (χ0n) is 16.4. The lowest BCUT2D eigenvalue weighted by Crippen LogP contribution is -2.29. The molecular formula is C21H21F2NO6. The summed E-state index contributed by atoms with van der Waals surface area (Å²) in [6.45, 7) is 0. The number of aliphatic carboxylic acids is 1. The lowest BCUT2D eigenvalue weighted by Gasteiger charge is -2.32. The van der Waals surface area contributed by atoms with Gasteiger partial charge in [-0.2, -0.15) is 0 Å². The number of carboxylic acids is 1. The number of nitrogens with one attached hydrogen (secondary N) is 1. The van der Waals surface area contributed by atoms with Gasteiger partial charge in [0.15, 0.2) is 0 Å².